The third-order valence-corrected chi connectivity index (χ3v) is 1.91. The molecule has 0 saturated heterocycles. The lowest BCUT2D eigenvalue weighted by Gasteiger charge is -2.11. The van der Waals surface area contributed by atoms with E-state index in [1.54, 1.807) is 0 Å². The molecule has 0 N–H and O–H groups in total. The first-order chi connectivity index (χ1) is 6.29. The van der Waals surface area contributed by atoms with Crippen LogP contribution in [0.5, 0.6) is 5.75 Å². The molecule has 0 aromatic heterocycles. The van der Waals surface area contributed by atoms with Gasteiger partial charge in [0.15, 0.2) is 0 Å². The van der Waals surface area contributed by atoms with Crippen LogP contribution >= 0.6 is 0 Å². The van der Waals surface area contributed by atoms with Gasteiger partial charge in [0.1, 0.15) is 12.0 Å². The minimum absolute atomic E-state index is 0.0947. The lowest BCUT2D eigenvalue weighted by atomic mass is 10.0. The van der Waals surface area contributed by atoms with Crippen molar-refractivity contribution in [2.45, 2.75) is 19.8 Å². The van der Waals surface area contributed by atoms with Gasteiger partial charge in [-0.3, -0.25) is 0 Å². The van der Waals surface area contributed by atoms with E-state index < -0.39 is 0 Å². The Kier molecular flexibility index (Phi) is 3.50. The molecule has 1 atom stereocenters. The van der Waals surface area contributed by atoms with Crippen LogP contribution in [0.2, 0.25) is 0 Å². The Hall–Kier alpha value is -1.31. The molecule has 0 aliphatic rings. The minimum atomic E-state index is -0.0947. The highest BCUT2D eigenvalue weighted by atomic mass is 16.5. The molecular weight excluding hydrogens is 164 g/mol. The maximum atomic E-state index is 10.6. The fourth-order valence-corrected chi connectivity index (χ4v) is 1.22. The van der Waals surface area contributed by atoms with Crippen LogP contribution in [-0.2, 0) is 4.79 Å². The summed E-state index contributed by atoms with van der Waals surface area (Å²) in [6, 6.07) is 7.63. The van der Waals surface area contributed by atoms with Crippen molar-refractivity contribution >= 4 is 6.29 Å². The third kappa shape index (κ3) is 2.31. The second kappa shape index (κ2) is 4.65. The number of benzene rings is 1. The summed E-state index contributed by atoms with van der Waals surface area (Å²) in [5, 5.41) is 0. The second-order valence-corrected chi connectivity index (χ2v) is 2.90. The number of hydrogen-bond donors (Lipinski definition) is 0. The van der Waals surface area contributed by atoms with Crippen LogP contribution in [0.1, 0.15) is 25.3 Å². The lowest BCUT2D eigenvalue weighted by Crippen LogP contribution is -2.00. The Morgan fingerprint density at radius 1 is 1.46 bits per heavy atom. The van der Waals surface area contributed by atoms with Crippen molar-refractivity contribution in [1.29, 1.82) is 0 Å². The van der Waals surface area contributed by atoms with E-state index in [2.05, 4.69) is 0 Å². The Balaban J connectivity index is 2.96. The molecule has 1 aromatic rings. The molecule has 0 heterocycles. The van der Waals surface area contributed by atoms with E-state index in [-0.39, 0.29) is 5.92 Å². The number of ether oxygens (including phenoxy) is 1. The van der Waals surface area contributed by atoms with Gasteiger partial charge >= 0.3 is 0 Å². The van der Waals surface area contributed by atoms with Crippen LogP contribution in [0.3, 0.4) is 0 Å². The first-order valence-corrected chi connectivity index (χ1v) is 4.46. The highest BCUT2D eigenvalue weighted by molar-refractivity contribution is 5.63. The van der Waals surface area contributed by atoms with Crippen molar-refractivity contribution in [3.05, 3.63) is 29.8 Å². The van der Waals surface area contributed by atoms with Crippen molar-refractivity contribution in [2.24, 2.45) is 0 Å². The van der Waals surface area contributed by atoms with Gasteiger partial charge in [0.05, 0.1) is 6.61 Å². The van der Waals surface area contributed by atoms with Gasteiger partial charge in [-0.2, -0.15) is 0 Å². The zero-order valence-electron chi connectivity index (χ0n) is 7.99. The van der Waals surface area contributed by atoms with Crippen molar-refractivity contribution in [3.63, 3.8) is 0 Å². The number of carbonyl (C=O) groups is 1. The Morgan fingerprint density at radius 3 is 2.77 bits per heavy atom. The van der Waals surface area contributed by atoms with Crippen LogP contribution in [0.15, 0.2) is 24.3 Å². The SMILES string of the molecule is CCOc1ccccc1C(C)C=O. The molecule has 0 fully saturated rings. The Labute approximate surface area is 78.5 Å². The Bertz CT molecular complexity index is 281. The van der Waals surface area contributed by atoms with Gasteiger partial charge in [-0.15, -0.1) is 0 Å². The van der Waals surface area contributed by atoms with Crippen molar-refractivity contribution in [3.8, 4) is 5.75 Å². The molecule has 0 saturated carbocycles. The van der Waals surface area contributed by atoms with Crippen molar-refractivity contribution < 1.29 is 9.53 Å². The van der Waals surface area contributed by atoms with E-state index >= 15 is 0 Å². The second-order valence-electron chi connectivity index (χ2n) is 2.90. The maximum Gasteiger partial charge on any atom is 0.127 e. The number of carbonyl (C=O) groups excluding carboxylic acids is 1. The van der Waals surface area contributed by atoms with Gasteiger partial charge in [0.2, 0.25) is 0 Å². The topological polar surface area (TPSA) is 26.3 Å². The van der Waals surface area contributed by atoms with E-state index in [9.17, 15) is 4.79 Å². The van der Waals surface area contributed by atoms with E-state index in [1.807, 2.05) is 38.1 Å². The molecular formula is C11H14O2. The number of aldehydes is 1. The first kappa shape index (κ1) is 9.78. The standard InChI is InChI=1S/C11H14O2/c1-3-13-11-7-5-4-6-10(11)9(2)8-12/h4-9H,3H2,1-2H3. The van der Waals surface area contributed by atoms with Gasteiger partial charge in [-0.1, -0.05) is 25.1 Å². The summed E-state index contributed by atoms with van der Waals surface area (Å²) in [7, 11) is 0. The van der Waals surface area contributed by atoms with Crippen molar-refractivity contribution in [2.75, 3.05) is 6.61 Å². The molecule has 0 aliphatic carbocycles. The van der Waals surface area contributed by atoms with Gasteiger partial charge in [0, 0.05) is 11.5 Å². The zero-order chi connectivity index (χ0) is 9.68. The first-order valence-electron chi connectivity index (χ1n) is 4.46. The smallest absolute Gasteiger partial charge is 0.127 e. The summed E-state index contributed by atoms with van der Waals surface area (Å²) in [5.41, 5.74) is 0.958. The number of hydrogen-bond acceptors (Lipinski definition) is 2. The summed E-state index contributed by atoms with van der Waals surface area (Å²) in [5.74, 6) is 0.715. The summed E-state index contributed by atoms with van der Waals surface area (Å²) in [6.45, 7) is 4.43. The van der Waals surface area contributed by atoms with Crippen molar-refractivity contribution in [1.82, 2.24) is 0 Å². The van der Waals surface area contributed by atoms with E-state index in [1.165, 1.54) is 0 Å². The molecule has 0 spiro atoms. The zero-order valence-corrected chi connectivity index (χ0v) is 7.99. The largest absolute Gasteiger partial charge is 0.494 e. The van der Waals surface area contributed by atoms with Crippen LogP contribution in [0, 0.1) is 0 Å². The number of para-hydroxylation sites is 1. The quantitative estimate of drug-likeness (QED) is 0.662. The highest BCUT2D eigenvalue weighted by Crippen LogP contribution is 2.24. The molecule has 70 valence electrons. The minimum Gasteiger partial charge on any atom is -0.494 e. The normalized spacial score (nSPS) is 12.2. The molecule has 2 heteroatoms. The fourth-order valence-electron chi connectivity index (χ4n) is 1.22. The van der Waals surface area contributed by atoms with Gasteiger partial charge in [-0.05, 0) is 13.0 Å². The average molecular weight is 178 g/mol. The molecule has 0 aliphatic heterocycles. The molecule has 1 aromatic carbocycles. The molecule has 0 bridgehead atoms. The molecule has 1 rings (SSSR count). The van der Waals surface area contributed by atoms with Crippen LogP contribution in [0.4, 0.5) is 0 Å². The van der Waals surface area contributed by atoms with Crippen LogP contribution in [0.25, 0.3) is 0 Å². The molecule has 2 nitrogen and oxygen atoms in total. The summed E-state index contributed by atoms with van der Waals surface area (Å²) >= 11 is 0. The predicted molar refractivity (Wildman–Crippen MR) is 52.1 cm³/mol. The third-order valence-electron chi connectivity index (χ3n) is 1.91. The summed E-state index contributed by atoms with van der Waals surface area (Å²) in [6.07, 6.45) is 0.928. The molecule has 13 heavy (non-hydrogen) atoms. The lowest BCUT2D eigenvalue weighted by molar-refractivity contribution is -0.108. The highest BCUT2D eigenvalue weighted by Gasteiger charge is 2.08. The van der Waals surface area contributed by atoms with Gasteiger partial charge < -0.3 is 9.53 Å². The summed E-state index contributed by atoms with van der Waals surface area (Å²) < 4.78 is 5.40. The number of rotatable bonds is 4. The van der Waals surface area contributed by atoms with Crippen LogP contribution in [-0.4, -0.2) is 12.9 Å². The van der Waals surface area contributed by atoms with Crippen LogP contribution < -0.4 is 4.74 Å². The van der Waals surface area contributed by atoms with Gasteiger partial charge in [-0.25, -0.2) is 0 Å². The summed E-state index contributed by atoms with van der Waals surface area (Å²) in [4.78, 5) is 10.6. The fraction of sp³-hybridized carbons (Fsp3) is 0.364. The molecule has 0 amide bonds. The predicted octanol–water partition coefficient (Wildman–Crippen LogP) is 2.39. The maximum absolute atomic E-state index is 10.6. The molecule has 0 radical (unpaired) electrons. The van der Waals surface area contributed by atoms with E-state index in [0.717, 1.165) is 17.6 Å². The van der Waals surface area contributed by atoms with E-state index in [4.69, 9.17) is 4.74 Å². The van der Waals surface area contributed by atoms with Gasteiger partial charge in [0.25, 0.3) is 0 Å². The molecule has 1 unspecified atom stereocenters. The Morgan fingerprint density at radius 2 is 2.15 bits per heavy atom. The van der Waals surface area contributed by atoms with E-state index in [0.29, 0.717) is 6.61 Å². The monoisotopic (exact) mass is 178 g/mol. The average Bonchev–Trinajstić information content (AvgIpc) is 2.18.